The summed E-state index contributed by atoms with van der Waals surface area (Å²) in [7, 11) is -1.03. The molecule has 10 heteroatoms. The molecule has 218 valence electrons. The summed E-state index contributed by atoms with van der Waals surface area (Å²) in [5.41, 5.74) is 1.74. The van der Waals surface area contributed by atoms with Gasteiger partial charge >= 0.3 is 19.4 Å². The van der Waals surface area contributed by atoms with E-state index in [9.17, 15) is 22.8 Å². The summed E-state index contributed by atoms with van der Waals surface area (Å²) in [6.07, 6.45) is -3.81. The van der Waals surface area contributed by atoms with Gasteiger partial charge in [0, 0.05) is 18.0 Å². The number of halogens is 3. The van der Waals surface area contributed by atoms with Crippen LogP contribution in [-0.2, 0) is 20.2 Å². The molecule has 0 spiro atoms. The third kappa shape index (κ3) is 5.74. The summed E-state index contributed by atoms with van der Waals surface area (Å²) < 4.78 is 59.6. The van der Waals surface area contributed by atoms with E-state index >= 15 is 0 Å². The summed E-state index contributed by atoms with van der Waals surface area (Å²) in [6.45, 7) is 7.18. The third-order valence-electron chi connectivity index (χ3n) is 8.20. The number of ether oxygens (including phenoxy) is 1. The maximum Gasteiger partial charge on any atom is 0.492 e. The number of benzene rings is 3. The molecular formula is C32H31BF3NO5. The Morgan fingerprint density at radius 1 is 0.952 bits per heavy atom. The minimum absolute atomic E-state index is 0.0841. The first-order valence-corrected chi connectivity index (χ1v) is 13.6. The fourth-order valence-electron chi connectivity index (χ4n) is 5.24. The zero-order valence-electron chi connectivity index (χ0n) is 23.7. The van der Waals surface area contributed by atoms with Gasteiger partial charge in [-0.2, -0.15) is 13.2 Å². The van der Waals surface area contributed by atoms with Gasteiger partial charge in [0.2, 0.25) is 0 Å². The SMILES string of the molecule is CC1(C)OB(C(=Cc2ccc(C=O)cc2C(F)(F)F)CNC(=O)OCC2c3ccccc3-c3ccccc32)OC1(C)C. The van der Waals surface area contributed by atoms with Crippen LogP contribution in [0.25, 0.3) is 17.2 Å². The second-order valence-corrected chi connectivity index (χ2v) is 11.4. The molecule has 1 aliphatic heterocycles. The van der Waals surface area contributed by atoms with Crippen LogP contribution in [-0.4, -0.2) is 43.9 Å². The Bertz CT molecular complexity index is 1490. The molecule has 42 heavy (non-hydrogen) atoms. The van der Waals surface area contributed by atoms with Gasteiger partial charge < -0.3 is 19.4 Å². The number of amides is 1. The largest absolute Gasteiger partial charge is 0.492 e. The molecule has 1 N–H and O–H groups in total. The number of alkyl carbamates (subject to hydrolysis) is 1. The molecular weight excluding hydrogens is 546 g/mol. The van der Waals surface area contributed by atoms with Gasteiger partial charge in [0.25, 0.3) is 0 Å². The number of carbonyl (C=O) groups is 2. The van der Waals surface area contributed by atoms with E-state index in [-0.39, 0.29) is 35.7 Å². The number of rotatable bonds is 7. The van der Waals surface area contributed by atoms with E-state index in [1.165, 1.54) is 18.2 Å². The Hall–Kier alpha value is -3.89. The normalized spacial score (nSPS) is 17.5. The second-order valence-electron chi connectivity index (χ2n) is 11.4. The van der Waals surface area contributed by atoms with Gasteiger partial charge in [-0.1, -0.05) is 66.7 Å². The smallest absolute Gasteiger partial charge is 0.449 e. The van der Waals surface area contributed by atoms with Gasteiger partial charge in [0.15, 0.2) is 0 Å². The van der Waals surface area contributed by atoms with Crippen LogP contribution in [0.3, 0.4) is 0 Å². The van der Waals surface area contributed by atoms with Crippen LogP contribution >= 0.6 is 0 Å². The van der Waals surface area contributed by atoms with Crippen molar-refractivity contribution in [2.24, 2.45) is 0 Å². The van der Waals surface area contributed by atoms with Crippen molar-refractivity contribution in [3.05, 3.63) is 100 Å². The number of hydrogen-bond acceptors (Lipinski definition) is 5. The van der Waals surface area contributed by atoms with Crippen molar-refractivity contribution in [1.82, 2.24) is 5.32 Å². The number of aldehydes is 1. The zero-order chi connectivity index (χ0) is 30.3. The maximum absolute atomic E-state index is 13.9. The van der Waals surface area contributed by atoms with Crippen LogP contribution in [0.4, 0.5) is 18.0 Å². The van der Waals surface area contributed by atoms with E-state index in [2.05, 4.69) is 5.32 Å². The monoisotopic (exact) mass is 577 g/mol. The second kappa shape index (κ2) is 11.1. The number of hydrogen-bond donors (Lipinski definition) is 1. The molecule has 0 unspecified atom stereocenters. The highest BCUT2D eigenvalue weighted by molar-refractivity contribution is 6.56. The van der Waals surface area contributed by atoms with Crippen LogP contribution in [0.2, 0.25) is 0 Å². The average Bonchev–Trinajstić information content (AvgIpc) is 3.38. The molecule has 0 saturated carbocycles. The molecule has 3 aromatic carbocycles. The van der Waals surface area contributed by atoms with E-state index in [1.807, 2.05) is 76.2 Å². The molecule has 5 rings (SSSR count). The Morgan fingerprint density at radius 3 is 2.07 bits per heavy atom. The van der Waals surface area contributed by atoms with Crippen LogP contribution in [0.1, 0.15) is 66.2 Å². The molecule has 0 bridgehead atoms. The van der Waals surface area contributed by atoms with E-state index in [0.717, 1.165) is 28.3 Å². The minimum Gasteiger partial charge on any atom is -0.449 e. The van der Waals surface area contributed by atoms with Crippen LogP contribution in [0, 0.1) is 0 Å². The van der Waals surface area contributed by atoms with E-state index in [1.54, 1.807) is 0 Å². The summed E-state index contributed by atoms with van der Waals surface area (Å²) in [5, 5.41) is 2.66. The lowest BCUT2D eigenvalue weighted by Crippen LogP contribution is -2.41. The third-order valence-corrected chi connectivity index (χ3v) is 8.20. The molecule has 1 heterocycles. The van der Waals surface area contributed by atoms with Crippen LogP contribution in [0.15, 0.2) is 72.2 Å². The summed E-state index contributed by atoms with van der Waals surface area (Å²) >= 11 is 0. The van der Waals surface area contributed by atoms with Crippen molar-refractivity contribution in [3.63, 3.8) is 0 Å². The minimum atomic E-state index is -4.72. The molecule has 2 aliphatic rings. The fourth-order valence-corrected chi connectivity index (χ4v) is 5.24. The average molecular weight is 577 g/mol. The number of alkyl halides is 3. The number of fused-ring (bicyclic) bond motifs is 3. The summed E-state index contributed by atoms with van der Waals surface area (Å²) in [6, 6.07) is 19.2. The maximum atomic E-state index is 13.9. The lowest BCUT2D eigenvalue weighted by Gasteiger charge is -2.32. The quantitative estimate of drug-likeness (QED) is 0.240. The van der Waals surface area contributed by atoms with Gasteiger partial charge in [0.1, 0.15) is 12.9 Å². The first-order chi connectivity index (χ1) is 19.8. The molecule has 6 nitrogen and oxygen atoms in total. The highest BCUT2D eigenvalue weighted by Crippen LogP contribution is 2.44. The molecule has 1 aliphatic carbocycles. The summed E-state index contributed by atoms with van der Waals surface area (Å²) in [4.78, 5) is 24.1. The summed E-state index contributed by atoms with van der Waals surface area (Å²) in [5.74, 6) is -0.146. The Labute approximate surface area is 243 Å². The van der Waals surface area contributed by atoms with Gasteiger partial charge in [-0.05, 0) is 67.1 Å². The first kappa shape index (κ1) is 29.6. The van der Waals surface area contributed by atoms with Crippen molar-refractivity contribution in [2.75, 3.05) is 13.2 Å². The number of nitrogens with one attached hydrogen (secondary N) is 1. The van der Waals surface area contributed by atoms with Gasteiger partial charge in [-0.3, -0.25) is 4.79 Å². The highest BCUT2D eigenvalue weighted by Gasteiger charge is 2.52. The van der Waals surface area contributed by atoms with Crippen LogP contribution < -0.4 is 5.32 Å². The first-order valence-electron chi connectivity index (χ1n) is 13.6. The van der Waals surface area contributed by atoms with E-state index in [0.29, 0.717) is 6.29 Å². The van der Waals surface area contributed by atoms with E-state index < -0.39 is 36.2 Å². The van der Waals surface area contributed by atoms with Gasteiger partial charge in [-0.25, -0.2) is 4.79 Å². The predicted octanol–water partition coefficient (Wildman–Crippen LogP) is 7.07. The molecule has 0 radical (unpaired) electrons. The molecule has 1 fully saturated rings. The van der Waals surface area contributed by atoms with Crippen molar-refractivity contribution in [3.8, 4) is 11.1 Å². The zero-order valence-corrected chi connectivity index (χ0v) is 23.7. The number of carbonyl (C=O) groups excluding carboxylic acids is 2. The molecule has 1 saturated heterocycles. The lowest BCUT2D eigenvalue weighted by atomic mass is 9.76. The Balaban J connectivity index is 1.37. The van der Waals surface area contributed by atoms with Crippen molar-refractivity contribution >= 4 is 25.6 Å². The Kier molecular flexibility index (Phi) is 7.81. The van der Waals surface area contributed by atoms with Gasteiger partial charge in [0.05, 0.1) is 16.8 Å². The molecule has 1 amide bonds. The van der Waals surface area contributed by atoms with Gasteiger partial charge in [-0.15, -0.1) is 0 Å². The predicted molar refractivity (Wildman–Crippen MR) is 154 cm³/mol. The van der Waals surface area contributed by atoms with Crippen LogP contribution in [0.5, 0.6) is 0 Å². The Morgan fingerprint density at radius 2 is 1.52 bits per heavy atom. The van der Waals surface area contributed by atoms with Crippen molar-refractivity contribution < 1.29 is 36.8 Å². The standard InChI is InChI=1S/C32H31BF3NO5/c1-30(2)31(3,4)42-33(41-30)22(16-21-14-13-20(18-38)15-28(21)32(34,35)36)17-37-29(39)40-19-27-25-11-7-5-9-23(25)24-10-6-8-12-26(24)27/h5-16,18,27H,17,19H2,1-4H3,(H,37,39). The molecule has 3 aromatic rings. The fraction of sp³-hybridized carbons (Fsp3) is 0.312. The van der Waals surface area contributed by atoms with Crippen molar-refractivity contribution in [1.29, 1.82) is 0 Å². The topological polar surface area (TPSA) is 73.9 Å². The highest BCUT2D eigenvalue weighted by atomic mass is 19.4. The molecule has 0 atom stereocenters. The molecule has 0 aromatic heterocycles. The van der Waals surface area contributed by atoms with Crippen molar-refractivity contribution in [2.45, 2.75) is 51.0 Å². The lowest BCUT2D eigenvalue weighted by molar-refractivity contribution is -0.137. The van der Waals surface area contributed by atoms with E-state index in [4.69, 9.17) is 14.0 Å².